The summed E-state index contributed by atoms with van der Waals surface area (Å²) in [4.78, 5) is 0. The van der Waals surface area contributed by atoms with E-state index in [1.54, 1.807) is 12.1 Å². The largest absolute Gasteiger partial charge is 0.309 e. The summed E-state index contributed by atoms with van der Waals surface area (Å²) in [5, 5.41) is 34.8. The highest BCUT2D eigenvalue weighted by atomic mass is 15.0. The van der Waals surface area contributed by atoms with Crippen molar-refractivity contribution in [2.75, 3.05) is 0 Å². The molecule has 0 unspecified atom stereocenters. The molecule has 0 aliphatic rings. The summed E-state index contributed by atoms with van der Waals surface area (Å²) >= 11 is 0. The van der Waals surface area contributed by atoms with Gasteiger partial charge in [-0.15, -0.1) is 0 Å². The Morgan fingerprint density at radius 3 is 1.62 bits per heavy atom. The molecule has 7 aromatic carbocycles. The van der Waals surface area contributed by atoms with Gasteiger partial charge in [0.15, 0.2) is 0 Å². The van der Waals surface area contributed by atoms with Crippen molar-refractivity contribution in [1.82, 2.24) is 9.13 Å². The fourth-order valence-electron chi connectivity index (χ4n) is 7.50. The summed E-state index contributed by atoms with van der Waals surface area (Å²) in [6.45, 7) is 0. The van der Waals surface area contributed by atoms with Gasteiger partial charge in [0, 0.05) is 32.8 Å². The van der Waals surface area contributed by atoms with Crippen LogP contribution in [0.5, 0.6) is 0 Å². The van der Waals surface area contributed by atoms with Crippen molar-refractivity contribution in [3.63, 3.8) is 0 Å². The lowest BCUT2D eigenvalue weighted by Crippen LogP contribution is -2.03. The average molecular weight is 636 g/mol. The predicted octanol–water partition coefficient (Wildman–Crippen LogP) is 10.8. The zero-order valence-electron chi connectivity index (χ0n) is 26.7. The van der Waals surface area contributed by atoms with Crippen molar-refractivity contribution in [3.05, 3.63) is 168 Å². The number of hydrogen-bond acceptors (Lipinski definition) is 3. The van der Waals surface area contributed by atoms with Crippen LogP contribution in [0.25, 0.3) is 77.2 Å². The Hall–Kier alpha value is -7.39. The minimum absolute atomic E-state index is 0.389. The van der Waals surface area contributed by atoms with Crippen molar-refractivity contribution < 1.29 is 0 Å². The van der Waals surface area contributed by atoms with E-state index in [2.05, 4.69) is 112 Å². The van der Waals surface area contributed by atoms with E-state index in [-0.39, 0.29) is 0 Å². The third-order valence-electron chi connectivity index (χ3n) is 9.60. The molecular weight excluding hydrogens is 611 g/mol. The van der Waals surface area contributed by atoms with Gasteiger partial charge in [0.25, 0.3) is 0 Å². The minimum atomic E-state index is 0.389. The summed E-state index contributed by atoms with van der Waals surface area (Å²) in [5.41, 5.74) is 10.8. The Bertz CT molecular complexity index is 2920. The molecule has 230 valence electrons. The van der Waals surface area contributed by atoms with Gasteiger partial charge in [-0.05, 0) is 77.4 Å². The molecule has 5 heteroatoms. The third kappa shape index (κ3) is 4.31. The number of para-hydroxylation sites is 3. The molecule has 9 rings (SSSR count). The van der Waals surface area contributed by atoms with E-state index >= 15 is 0 Å². The van der Waals surface area contributed by atoms with Crippen LogP contribution >= 0.6 is 0 Å². The maximum absolute atomic E-state index is 10.6. The van der Waals surface area contributed by atoms with Gasteiger partial charge in [-0.2, -0.15) is 15.8 Å². The monoisotopic (exact) mass is 635 g/mol. The molecule has 9 aromatic rings. The van der Waals surface area contributed by atoms with Crippen LogP contribution in [-0.2, 0) is 0 Å². The van der Waals surface area contributed by atoms with Crippen molar-refractivity contribution in [2.24, 2.45) is 0 Å². The van der Waals surface area contributed by atoms with Crippen LogP contribution in [0.3, 0.4) is 0 Å². The van der Waals surface area contributed by atoms with Crippen LogP contribution in [0.2, 0.25) is 0 Å². The standard InChI is InChI=1S/C45H25N5/c46-26-29-20-21-44-39(23-29)38-16-5-8-19-43(38)50(44)45-32(28-48)22-30(27-47)24-40(45)35-13-2-1-12-34(35)31-10-9-11-33(25-31)49-41-17-6-3-14-36(41)37-15-4-7-18-42(37)49/h1-25H. The van der Waals surface area contributed by atoms with Crippen LogP contribution in [0.1, 0.15) is 16.7 Å². The molecule has 2 heterocycles. The summed E-state index contributed by atoms with van der Waals surface area (Å²) in [6.07, 6.45) is 0. The van der Waals surface area contributed by atoms with Gasteiger partial charge in [0.1, 0.15) is 6.07 Å². The van der Waals surface area contributed by atoms with Crippen molar-refractivity contribution in [2.45, 2.75) is 0 Å². The van der Waals surface area contributed by atoms with Crippen LogP contribution in [0.15, 0.2) is 152 Å². The smallest absolute Gasteiger partial charge is 0.101 e. The van der Waals surface area contributed by atoms with Gasteiger partial charge >= 0.3 is 0 Å². The summed E-state index contributed by atoms with van der Waals surface area (Å²) < 4.78 is 4.41. The number of nitrogens with zero attached hydrogens (tertiary/aromatic N) is 5. The van der Waals surface area contributed by atoms with E-state index in [4.69, 9.17) is 0 Å². The molecule has 0 spiro atoms. The molecule has 2 aromatic heterocycles. The summed E-state index contributed by atoms with van der Waals surface area (Å²) in [6, 6.07) is 57.9. The van der Waals surface area contributed by atoms with Crippen molar-refractivity contribution in [1.29, 1.82) is 15.8 Å². The minimum Gasteiger partial charge on any atom is -0.309 e. The first-order valence-electron chi connectivity index (χ1n) is 16.3. The fraction of sp³-hybridized carbons (Fsp3) is 0. The molecule has 50 heavy (non-hydrogen) atoms. The van der Waals surface area contributed by atoms with E-state index < -0.39 is 0 Å². The lowest BCUT2D eigenvalue weighted by Gasteiger charge is -2.19. The van der Waals surface area contributed by atoms with E-state index in [1.807, 2.05) is 54.6 Å². The quantitative estimate of drug-likeness (QED) is 0.193. The molecule has 0 aliphatic carbocycles. The van der Waals surface area contributed by atoms with Crippen LogP contribution in [0, 0.1) is 34.0 Å². The van der Waals surface area contributed by atoms with Gasteiger partial charge in [0.2, 0.25) is 0 Å². The van der Waals surface area contributed by atoms with Gasteiger partial charge < -0.3 is 9.13 Å². The van der Waals surface area contributed by atoms with Crippen LogP contribution in [0.4, 0.5) is 0 Å². The van der Waals surface area contributed by atoms with Gasteiger partial charge in [0.05, 0.1) is 56.6 Å². The van der Waals surface area contributed by atoms with E-state index in [9.17, 15) is 15.8 Å². The second-order valence-corrected chi connectivity index (χ2v) is 12.3. The Labute approximate surface area is 287 Å². The lowest BCUT2D eigenvalue weighted by molar-refractivity contribution is 1.17. The molecular formula is C45H25N5. The molecule has 0 radical (unpaired) electrons. The highest BCUT2D eigenvalue weighted by Crippen LogP contribution is 2.42. The van der Waals surface area contributed by atoms with Gasteiger partial charge in [-0.3, -0.25) is 0 Å². The van der Waals surface area contributed by atoms with Crippen LogP contribution in [-0.4, -0.2) is 9.13 Å². The van der Waals surface area contributed by atoms with E-state index in [0.717, 1.165) is 60.8 Å². The topological polar surface area (TPSA) is 81.2 Å². The summed E-state index contributed by atoms with van der Waals surface area (Å²) in [7, 11) is 0. The number of hydrogen-bond donors (Lipinski definition) is 0. The molecule has 0 saturated carbocycles. The van der Waals surface area contributed by atoms with Gasteiger partial charge in [-0.1, -0.05) is 91.0 Å². The number of rotatable bonds is 4. The highest BCUT2D eigenvalue weighted by molar-refractivity contribution is 6.11. The lowest BCUT2D eigenvalue weighted by atomic mass is 9.90. The van der Waals surface area contributed by atoms with Crippen molar-refractivity contribution >= 4 is 43.6 Å². The molecule has 0 atom stereocenters. The Morgan fingerprint density at radius 2 is 0.960 bits per heavy atom. The Kier molecular flexibility index (Phi) is 6.56. The van der Waals surface area contributed by atoms with E-state index in [0.29, 0.717) is 22.4 Å². The van der Waals surface area contributed by atoms with Crippen molar-refractivity contribution in [3.8, 4) is 51.8 Å². The number of benzene rings is 7. The maximum Gasteiger partial charge on any atom is 0.101 e. The fourth-order valence-corrected chi connectivity index (χ4v) is 7.50. The number of aromatic nitrogens is 2. The molecule has 5 nitrogen and oxygen atoms in total. The first-order valence-corrected chi connectivity index (χ1v) is 16.3. The zero-order chi connectivity index (χ0) is 33.8. The number of nitriles is 3. The second kappa shape index (κ2) is 11.4. The average Bonchev–Trinajstić information content (AvgIpc) is 3.70. The Morgan fingerprint density at radius 1 is 0.380 bits per heavy atom. The predicted molar refractivity (Wildman–Crippen MR) is 200 cm³/mol. The Balaban J connectivity index is 1.32. The third-order valence-corrected chi connectivity index (χ3v) is 9.60. The SMILES string of the molecule is N#Cc1cc(C#N)c(-n2c3ccccc3c3cc(C#N)ccc32)c(-c2ccccc2-c2cccc(-n3c4ccccc4c4ccccc43)c2)c1. The first kappa shape index (κ1) is 28.8. The van der Waals surface area contributed by atoms with Crippen LogP contribution < -0.4 is 0 Å². The number of fused-ring (bicyclic) bond motifs is 6. The van der Waals surface area contributed by atoms with E-state index in [1.165, 1.54) is 10.8 Å². The molecule has 0 amide bonds. The molecule has 0 aliphatic heterocycles. The molecule has 0 N–H and O–H groups in total. The zero-order valence-corrected chi connectivity index (χ0v) is 26.7. The summed E-state index contributed by atoms with van der Waals surface area (Å²) in [5.74, 6) is 0. The maximum atomic E-state index is 10.6. The first-order chi connectivity index (χ1) is 24.7. The highest BCUT2D eigenvalue weighted by Gasteiger charge is 2.22. The second-order valence-electron chi connectivity index (χ2n) is 12.3. The molecule has 0 fully saturated rings. The van der Waals surface area contributed by atoms with Gasteiger partial charge in [-0.25, -0.2) is 0 Å². The normalized spacial score (nSPS) is 11.1. The molecule has 0 bridgehead atoms. The molecule has 0 saturated heterocycles.